The average molecular weight is 315 g/mol. The summed E-state index contributed by atoms with van der Waals surface area (Å²) < 4.78 is 4.98. The van der Waals surface area contributed by atoms with Gasteiger partial charge in [-0.2, -0.15) is 0 Å². The number of hydrogen-bond acceptors (Lipinski definition) is 4. The number of benzene rings is 1. The third kappa shape index (κ3) is 4.65. The Kier molecular flexibility index (Phi) is 6.75. The van der Waals surface area contributed by atoms with Crippen LogP contribution < -0.4 is 10.6 Å². The fourth-order valence-electron chi connectivity index (χ4n) is 1.83. The van der Waals surface area contributed by atoms with Crippen LogP contribution in [-0.4, -0.2) is 30.7 Å². The fourth-order valence-corrected chi connectivity index (χ4v) is 2.34. The standard InChI is InChI=1S/C14H19ClN2O2S/c1-3-7-17(9-13(18)19-4-2)10-5-6-11(14(16)20)12(15)8-10/h5-6,8H,3-4,7,9H2,1-2H3,(H2,16,20). The summed E-state index contributed by atoms with van der Waals surface area (Å²) in [5, 5.41) is 0.486. The molecule has 2 N–H and O–H groups in total. The maximum Gasteiger partial charge on any atom is 0.325 e. The van der Waals surface area contributed by atoms with E-state index < -0.39 is 0 Å². The zero-order valence-electron chi connectivity index (χ0n) is 11.7. The highest BCUT2D eigenvalue weighted by Gasteiger charge is 2.13. The maximum atomic E-state index is 11.6. The second-order valence-electron chi connectivity index (χ2n) is 4.25. The fraction of sp³-hybridized carbons (Fsp3) is 0.429. The van der Waals surface area contributed by atoms with Gasteiger partial charge in [0, 0.05) is 17.8 Å². The van der Waals surface area contributed by atoms with Gasteiger partial charge in [0.05, 0.1) is 11.6 Å². The lowest BCUT2D eigenvalue weighted by Crippen LogP contribution is -2.31. The zero-order chi connectivity index (χ0) is 15.1. The van der Waals surface area contributed by atoms with E-state index in [2.05, 4.69) is 0 Å². The molecular formula is C14H19ClN2O2S. The summed E-state index contributed by atoms with van der Waals surface area (Å²) in [6, 6.07) is 5.40. The number of carbonyl (C=O) groups excluding carboxylic acids is 1. The van der Waals surface area contributed by atoms with E-state index in [0.717, 1.165) is 18.7 Å². The number of carbonyl (C=O) groups is 1. The average Bonchev–Trinajstić information content (AvgIpc) is 2.38. The highest BCUT2D eigenvalue weighted by molar-refractivity contribution is 7.80. The van der Waals surface area contributed by atoms with Crippen molar-refractivity contribution in [2.75, 3.05) is 24.6 Å². The molecule has 0 heterocycles. The van der Waals surface area contributed by atoms with Gasteiger partial charge < -0.3 is 15.4 Å². The maximum absolute atomic E-state index is 11.6. The molecule has 0 saturated carbocycles. The van der Waals surface area contributed by atoms with Crippen molar-refractivity contribution in [3.8, 4) is 0 Å². The van der Waals surface area contributed by atoms with E-state index in [0.29, 0.717) is 17.2 Å². The Labute approximate surface area is 129 Å². The largest absolute Gasteiger partial charge is 0.465 e. The second kappa shape index (κ2) is 8.07. The van der Waals surface area contributed by atoms with Crippen molar-refractivity contribution in [1.82, 2.24) is 0 Å². The highest BCUT2D eigenvalue weighted by atomic mass is 35.5. The SMILES string of the molecule is CCCN(CC(=O)OCC)c1ccc(C(N)=S)c(Cl)c1. The Morgan fingerprint density at radius 2 is 2.15 bits per heavy atom. The summed E-state index contributed by atoms with van der Waals surface area (Å²) in [4.78, 5) is 13.8. The Bertz CT molecular complexity index is 494. The van der Waals surface area contributed by atoms with Crippen LogP contribution in [-0.2, 0) is 9.53 Å². The number of thiocarbonyl (C=S) groups is 1. The number of nitrogens with zero attached hydrogens (tertiary/aromatic N) is 1. The van der Waals surface area contributed by atoms with E-state index in [1.165, 1.54) is 0 Å². The van der Waals surface area contributed by atoms with E-state index in [1.807, 2.05) is 17.9 Å². The number of nitrogens with two attached hydrogens (primary N) is 1. The third-order valence-electron chi connectivity index (χ3n) is 2.70. The lowest BCUT2D eigenvalue weighted by molar-refractivity contribution is -0.141. The van der Waals surface area contributed by atoms with Crippen LogP contribution >= 0.6 is 23.8 Å². The van der Waals surface area contributed by atoms with Crippen molar-refractivity contribution in [3.63, 3.8) is 0 Å². The second-order valence-corrected chi connectivity index (χ2v) is 5.10. The van der Waals surface area contributed by atoms with Gasteiger partial charge in [-0.05, 0) is 31.5 Å². The normalized spacial score (nSPS) is 10.2. The van der Waals surface area contributed by atoms with Crippen LogP contribution in [0.15, 0.2) is 18.2 Å². The molecule has 1 aromatic rings. The van der Waals surface area contributed by atoms with Gasteiger partial charge in [-0.15, -0.1) is 0 Å². The van der Waals surface area contributed by atoms with Gasteiger partial charge in [-0.1, -0.05) is 30.7 Å². The molecule has 1 aromatic carbocycles. The Hall–Kier alpha value is -1.33. The van der Waals surface area contributed by atoms with Crippen LogP contribution in [0.25, 0.3) is 0 Å². The van der Waals surface area contributed by atoms with Gasteiger partial charge in [0.15, 0.2) is 0 Å². The number of esters is 1. The van der Waals surface area contributed by atoms with Gasteiger partial charge in [0.25, 0.3) is 0 Å². The van der Waals surface area contributed by atoms with Gasteiger partial charge >= 0.3 is 5.97 Å². The predicted octanol–water partition coefficient (Wildman–Crippen LogP) is 2.75. The quantitative estimate of drug-likeness (QED) is 0.619. The predicted molar refractivity (Wildman–Crippen MR) is 86.5 cm³/mol. The van der Waals surface area contributed by atoms with Crippen molar-refractivity contribution in [2.24, 2.45) is 5.73 Å². The van der Waals surface area contributed by atoms with Crippen LogP contribution in [0.4, 0.5) is 5.69 Å². The van der Waals surface area contributed by atoms with Crippen LogP contribution in [0.1, 0.15) is 25.8 Å². The van der Waals surface area contributed by atoms with Crippen LogP contribution in [0, 0.1) is 0 Å². The van der Waals surface area contributed by atoms with Gasteiger partial charge in [-0.25, -0.2) is 0 Å². The lowest BCUT2D eigenvalue weighted by atomic mass is 10.2. The molecular weight excluding hydrogens is 296 g/mol. The van der Waals surface area contributed by atoms with Crippen molar-refractivity contribution in [2.45, 2.75) is 20.3 Å². The molecule has 0 aliphatic carbocycles. The molecule has 0 amide bonds. The first kappa shape index (κ1) is 16.7. The Morgan fingerprint density at radius 1 is 1.45 bits per heavy atom. The number of ether oxygens (including phenoxy) is 1. The minimum Gasteiger partial charge on any atom is -0.465 e. The molecule has 1 rings (SSSR count). The van der Waals surface area contributed by atoms with Crippen LogP contribution in [0.5, 0.6) is 0 Å². The number of hydrogen-bond donors (Lipinski definition) is 1. The number of rotatable bonds is 7. The molecule has 0 bridgehead atoms. The van der Waals surface area contributed by atoms with Gasteiger partial charge in [-0.3, -0.25) is 4.79 Å². The summed E-state index contributed by atoms with van der Waals surface area (Å²) in [5.41, 5.74) is 7.07. The molecule has 0 saturated heterocycles. The summed E-state index contributed by atoms with van der Waals surface area (Å²) in [7, 11) is 0. The minimum absolute atomic E-state index is 0.199. The van der Waals surface area contributed by atoms with Crippen LogP contribution in [0.3, 0.4) is 0 Å². The third-order valence-corrected chi connectivity index (χ3v) is 3.23. The summed E-state index contributed by atoms with van der Waals surface area (Å²) >= 11 is 11.1. The summed E-state index contributed by atoms with van der Waals surface area (Å²) in [6.45, 7) is 5.14. The first-order chi connectivity index (χ1) is 9.49. The molecule has 0 atom stereocenters. The molecule has 110 valence electrons. The molecule has 6 heteroatoms. The van der Waals surface area contributed by atoms with Gasteiger partial charge in [0.2, 0.25) is 0 Å². The first-order valence-corrected chi connectivity index (χ1v) is 7.28. The van der Waals surface area contributed by atoms with Crippen molar-refractivity contribution in [1.29, 1.82) is 0 Å². The topological polar surface area (TPSA) is 55.6 Å². The Morgan fingerprint density at radius 3 is 2.65 bits per heavy atom. The lowest BCUT2D eigenvalue weighted by Gasteiger charge is -2.23. The molecule has 0 fully saturated rings. The number of anilines is 1. The van der Waals surface area contributed by atoms with E-state index >= 15 is 0 Å². The van der Waals surface area contributed by atoms with E-state index in [4.69, 9.17) is 34.3 Å². The smallest absolute Gasteiger partial charge is 0.325 e. The molecule has 0 unspecified atom stereocenters. The molecule has 20 heavy (non-hydrogen) atoms. The van der Waals surface area contributed by atoms with Crippen molar-refractivity contribution < 1.29 is 9.53 Å². The van der Waals surface area contributed by atoms with Gasteiger partial charge in [0.1, 0.15) is 11.5 Å². The summed E-state index contributed by atoms with van der Waals surface area (Å²) in [5.74, 6) is -0.254. The van der Waals surface area contributed by atoms with E-state index in [-0.39, 0.29) is 17.5 Å². The molecule has 0 aromatic heterocycles. The molecule has 4 nitrogen and oxygen atoms in total. The first-order valence-electron chi connectivity index (χ1n) is 6.49. The van der Waals surface area contributed by atoms with Crippen molar-refractivity contribution in [3.05, 3.63) is 28.8 Å². The van der Waals surface area contributed by atoms with Crippen LogP contribution in [0.2, 0.25) is 5.02 Å². The van der Waals surface area contributed by atoms with E-state index in [1.54, 1.807) is 19.1 Å². The molecule has 0 aliphatic rings. The highest BCUT2D eigenvalue weighted by Crippen LogP contribution is 2.24. The monoisotopic (exact) mass is 314 g/mol. The number of halogens is 1. The molecule has 0 aliphatic heterocycles. The molecule has 0 radical (unpaired) electrons. The Balaban J connectivity index is 2.94. The molecule has 0 spiro atoms. The van der Waals surface area contributed by atoms with Crippen molar-refractivity contribution >= 4 is 40.5 Å². The zero-order valence-corrected chi connectivity index (χ0v) is 13.3. The summed E-state index contributed by atoms with van der Waals surface area (Å²) in [6.07, 6.45) is 0.911. The van der Waals surface area contributed by atoms with E-state index in [9.17, 15) is 4.79 Å². The minimum atomic E-state index is -0.254.